The number of nitrogens with one attached hydrogen (secondary N) is 1. The van der Waals surface area contributed by atoms with Crippen LogP contribution in [-0.4, -0.2) is 15.7 Å². The van der Waals surface area contributed by atoms with E-state index in [1.54, 1.807) is 24.3 Å². The summed E-state index contributed by atoms with van der Waals surface area (Å²) in [7, 11) is 0. The first-order chi connectivity index (χ1) is 12.5. The summed E-state index contributed by atoms with van der Waals surface area (Å²) in [6.07, 6.45) is 1.77. The van der Waals surface area contributed by atoms with E-state index in [0.29, 0.717) is 23.0 Å². The topological polar surface area (TPSA) is 64.0 Å². The number of rotatable bonds is 5. The van der Waals surface area contributed by atoms with Gasteiger partial charge in [-0.2, -0.15) is 5.10 Å². The van der Waals surface area contributed by atoms with Crippen LogP contribution in [0.15, 0.2) is 51.7 Å². The van der Waals surface area contributed by atoms with Crippen molar-refractivity contribution in [2.24, 2.45) is 0 Å². The van der Waals surface area contributed by atoms with Crippen LogP contribution in [0.5, 0.6) is 0 Å². The van der Waals surface area contributed by atoms with Crippen molar-refractivity contribution in [3.05, 3.63) is 68.5 Å². The molecule has 1 N–H and O–H groups in total. The van der Waals surface area contributed by atoms with Crippen molar-refractivity contribution in [3.63, 3.8) is 0 Å². The van der Waals surface area contributed by atoms with Gasteiger partial charge in [0.05, 0.1) is 11.1 Å². The summed E-state index contributed by atoms with van der Waals surface area (Å²) < 4.78 is 2.19. The summed E-state index contributed by atoms with van der Waals surface area (Å²) in [4.78, 5) is 25.5. The zero-order valence-electron chi connectivity index (χ0n) is 14.8. The zero-order valence-corrected chi connectivity index (χ0v) is 16.3. The number of aryl methyl sites for hydroxylation is 2. The molecule has 5 nitrogen and oxygen atoms in total. The molecule has 26 heavy (non-hydrogen) atoms. The Kier molecular flexibility index (Phi) is 5.52. The molecule has 2 aromatic carbocycles. The Balaban J connectivity index is 2.06. The number of halogens is 1. The second-order valence-electron chi connectivity index (χ2n) is 6.21. The SMILES string of the molecule is CCCCn1nc(C(=O)Nc2ccc(C)cc2Br)c2ccccc2c1=O. The predicted octanol–water partition coefficient (Wildman–Crippen LogP) is 4.52. The first kappa shape index (κ1) is 18.3. The maximum absolute atomic E-state index is 12.9. The lowest BCUT2D eigenvalue weighted by atomic mass is 10.1. The van der Waals surface area contributed by atoms with E-state index in [4.69, 9.17) is 0 Å². The van der Waals surface area contributed by atoms with Gasteiger partial charge in [-0.05, 0) is 53.0 Å². The Morgan fingerprint density at radius 1 is 1.19 bits per heavy atom. The molecule has 0 aliphatic rings. The Labute approximate surface area is 160 Å². The smallest absolute Gasteiger partial charge is 0.276 e. The molecule has 3 rings (SSSR count). The Bertz CT molecular complexity index is 1030. The summed E-state index contributed by atoms with van der Waals surface area (Å²) in [5.74, 6) is -0.337. The molecule has 0 radical (unpaired) electrons. The largest absolute Gasteiger partial charge is 0.320 e. The number of fused-ring (bicyclic) bond motifs is 1. The van der Waals surface area contributed by atoms with Gasteiger partial charge < -0.3 is 5.32 Å². The van der Waals surface area contributed by atoms with Crippen LogP contribution >= 0.6 is 15.9 Å². The summed E-state index contributed by atoms with van der Waals surface area (Å²) >= 11 is 3.47. The lowest BCUT2D eigenvalue weighted by Crippen LogP contribution is -2.27. The Morgan fingerprint density at radius 2 is 1.92 bits per heavy atom. The number of unbranched alkanes of at least 4 members (excludes halogenated alkanes) is 1. The molecule has 6 heteroatoms. The average Bonchev–Trinajstić information content (AvgIpc) is 2.63. The van der Waals surface area contributed by atoms with Gasteiger partial charge in [-0.3, -0.25) is 9.59 Å². The molecule has 0 saturated carbocycles. The van der Waals surface area contributed by atoms with Crippen molar-refractivity contribution in [2.45, 2.75) is 33.2 Å². The monoisotopic (exact) mass is 413 g/mol. The number of amides is 1. The van der Waals surface area contributed by atoms with Gasteiger partial charge in [0, 0.05) is 16.4 Å². The molecule has 0 saturated heterocycles. The molecular formula is C20H20BrN3O2. The molecule has 0 spiro atoms. The number of anilines is 1. The van der Waals surface area contributed by atoms with Gasteiger partial charge in [0.1, 0.15) is 0 Å². The van der Waals surface area contributed by atoms with E-state index in [1.807, 2.05) is 25.1 Å². The normalized spacial score (nSPS) is 10.9. The van der Waals surface area contributed by atoms with Crippen LogP contribution in [0.1, 0.15) is 35.8 Å². The van der Waals surface area contributed by atoms with Crippen LogP contribution in [0.2, 0.25) is 0 Å². The fraction of sp³-hybridized carbons (Fsp3) is 0.250. The molecule has 0 atom stereocenters. The number of hydrogen-bond acceptors (Lipinski definition) is 3. The summed E-state index contributed by atoms with van der Waals surface area (Å²) in [6.45, 7) is 4.53. The van der Waals surface area contributed by atoms with E-state index >= 15 is 0 Å². The maximum atomic E-state index is 12.9. The highest BCUT2D eigenvalue weighted by Gasteiger charge is 2.17. The highest BCUT2D eigenvalue weighted by atomic mass is 79.9. The number of hydrogen-bond donors (Lipinski definition) is 1. The molecule has 0 aliphatic carbocycles. The molecule has 1 aromatic heterocycles. The molecular weight excluding hydrogens is 394 g/mol. The second kappa shape index (κ2) is 7.83. The van der Waals surface area contributed by atoms with Gasteiger partial charge in [-0.25, -0.2) is 4.68 Å². The first-order valence-electron chi connectivity index (χ1n) is 8.58. The number of carbonyl (C=O) groups is 1. The molecule has 0 fully saturated rings. The lowest BCUT2D eigenvalue weighted by molar-refractivity contribution is 0.102. The number of benzene rings is 2. The fourth-order valence-electron chi connectivity index (χ4n) is 2.77. The van der Waals surface area contributed by atoms with Crippen LogP contribution in [0.4, 0.5) is 5.69 Å². The van der Waals surface area contributed by atoms with Crippen molar-refractivity contribution < 1.29 is 4.79 Å². The van der Waals surface area contributed by atoms with E-state index in [2.05, 4.69) is 33.3 Å². The van der Waals surface area contributed by atoms with Crippen LogP contribution < -0.4 is 10.9 Å². The highest BCUT2D eigenvalue weighted by molar-refractivity contribution is 9.10. The van der Waals surface area contributed by atoms with Crippen LogP contribution in [0.3, 0.4) is 0 Å². The van der Waals surface area contributed by atoms with Gasteiger partial charge in [-0.15, -0.1) is 0 Å². The van der Waals surface area contributed by atoms with Gasteiger partial charge in [-0.1, -0.05) is 37.6 Å². The Morgan fingerprint density at radius 3 is 2.62 bits per heavy atom. The number of aromatic nitrogens is 2. The zero-order chi connectivity index (χ0) is 18.7. The molecule has 0 aliphatic heterocycles. The third-order valence-corrected chi connectivity index (χ3v) is 4.84. The second-order valence-corrected chi connectivity index (χ2v) is 7.07. The summed E-state index contributed by atoms with van der Waals surface area (Å²) in [5.41, 5.74) is 1.84. The van der Waals surface area contributed by atoms with E-state index < -0.39 is 0 Å². The van der Waals surface area contributed by atoms with Gasteiger partial charge in [0.15, 0.2) is 5.69 Å². The third-order valence-electron chi connectivity index (χ3n) is 4.18. The number of carbonyl (C=O) groups excluding carboxylic acids is 1. The molecule has 0 unspecified atom stereocenters. The van der Waals surface area contributed by atoms with Crippen molar-refractivity contribution in [2.75, 3.05) is 5.32 Å². The molecule has 0 bridgehead atoms. The van der Waals surface area contributed by atoms with E-state index in [9.17, 15) is 9.59 Å². The van der Waals surface area contributed by atoms with Crippen molar-refractivity contribution in [1.29, 1.82) is 0 Å². The minimum absolute atomic E-state index is 0.165. The van der Waals surface area contributed by atoms with E-state index in [1.165, 1.54) is 4.68 Å². The Hall–Kier alpha value is -2.47. The third kappa shape index (κ3) is 3.70. The molecule has 1 heterocycles. The van der Waals surface area contributed by atoms with E-state index in [0.717, 1.165) is 22.9 Å². The van der Waals surface area contributed by atoms with Crippen molar-refractivity contribution >= 4 is 38.3 Å². The molecule has 134 valence electrons. The van der Waals surface area contributed by atoms with Gasteiger partial charge in [0.2, 0.25) is 0 Å². The summed E-state index contributed by atoms with van der Waals surface area (Å²) in [6, 6.07) is 12.8. The number of nitrogens with zero attached hydrogens (tertiary/aromatic N) is 2. The van der Waals surface area contributed by atoms with Crippen LogP contribution in [0, 0.1) is 6.92 Å². The average molecular weight is 414 g/mol. The minimum atomic E-state index is -0.337. The highest BCUT2D eigenvalue weighted by Crippen LogP contribution is 2.24. The lowest BCUT2D eigenvalue weighted by Gasteiger charge is -2.12. The fourth-order valence-corrected chi connectivity index (χ4v) is 3.36. The first-order valence-corrected chi connectivity index (χ1v) is 9.38. The minimum Gasteiger partial charge on any atom is -0.320 e. The molecule has 3 aromatic rings. The van der Waals surface area contributed by atoms with Gasteiger partial charge >= 0.3 is 0 Å². The summed E-state index contributed by atoms with van der Waals surface area (Å²) in [5, 5.41) is 8.31. The van der Waals surface area contributed by atoms with E-state index in [-0.39, 0.29) is 17.2 Å². The molecule has 1 amide bonds. The van der Waals surface area contributed by atoms with Crippen molar-refractivity contribution in [1.82, 2.24) is 9.78 Å². The quantitative estimate of drug-likeness (QED) is 0.668. The predicted molar refractivity (Wildman–Crippen MR) is 108 cm³/mol. The maximum Gasteiger partial charge on any atom is 0.276 e. The van der Waals surface area contributed by atoms with Crippen molar-refractivity contribution in [3.8, 4) is 0 Å². The standard InChI is InChI=1S/C20H20BrN3O2/c1-3-4-11-24-20(26)15-8-6-5-7-14(15)18(23-24)19(25)22-17-10-9-13(2)12-16(17)21/h5-10,12H,3-4,11H2,1-2H3,(H,22,25). The van der Waals surface area contributed by atoms with Crippen LogP contribution in [0.25, 0.3) is 10.8 Å². The van der Waals surface area contributed by atoms with Crippen LogP contribution in [-0.2, 0) is 6.54 Å². The van der Waals surface area contributed by atoms with Gasteiger partial charge in [0.25, 0.3) is 11.5 Å².